The summed E-state index contributed by atoms with van der Waals surface area (Å²) in [6.45, 7) is 3.12. The van der Waals surface area contributed by atoms with Crippen LogP contribution in [0.1, 0.15) is 13.3 Å². The second-order valence-corrected chi connectivity index (χ2v) is 4.26. The minimum Gasteiger partial charge on any atom is -0.494 e. The van der Waals surface area contributed by atoms with Crippen molar-refractivity contribution in [3.05, 3.63) is 29.0 Å². The molecule has 0 fully saturated rings. The van der Waals surface area contributed by atoms with Gasteiger partial charge in [0.2, 0.25) is 0 Å². The third-order valence-corrected chi connectivity index (χ3v) is 2.94. The molecule has 5 nitrogen and oxygen atoms in total. The Hall–Kier alpha value is -2.13. The van der Waals surface area contributed by atoms with Crippen molar-refractivity contribution >= 4 is 12.2 Å². The Bertz CT molecular complexity index is 636. The van der Waals surface area contributed by atoms with E-state index in [0.717, 1.165) is 17.1 Å². The lowest BCUT2D eigenvalue weighted by atomic mass is 10.2. The lowest BCUT2D eigenvalue weighted by Crippen LogP contribution is -2.00. The Labute approximate surface area is 116 Å². The van der Waals surface area contributed by atoms with Crippen LogP contribution in [0.3, 0.4) is 0 Å². The fourth-order valence-corrected chi connectivity index (χ4v) is 2.00. The number of aromatic nitrogens is 3. The maximum Gasteiger partial charge on any atom is 0.195 e. The molecule has 2 aromatic rings. The van der Waals surface area contributed by atoms with Gasteiger partial charge < -0.3 is 4.74 Å². The van der Waals surface area contributed by atoms with Crippen molar-refractivity contribution in [2.45, 2.75) is 19.9 Å². The van der Waals surface area contributed by atoms with Crippen LogP contribution in [0, 0.1) is 16.1 Å². The monoisotopic (exact) mass is 274 g/mol. The lowest BCUT2D eigenvalue weighted by molar-refractivity contribution is 0.340. The molecule has 1 N–H and O–H groups in total. The van der Waals surface area contributed by atoms with Gasteiger partial charge in [-0.25, -0.2) is 0 Å². The van der Waals surface area contributed by atoms with Crippen molar-refractivity contribution in [1.82, 2.24) is 14.8 Å². The van der Waals surface area contributed by atoms with Crippen LogP contribution >= 0.6 is 12.2 Å². The molecule has 1 aromatic heterocycles. The van der Waals surface area contributed by atoms with Gasteiger partial charge in [0.15, 0.2) is 10.6 Å². The van der Waals surface area contributed by atoms with E-state index in [1.807, 2.05) is 35.8 Å². The smallest absolute Gasteiger partial charge is 0.195 e. The Balaban J connectivity index is 2.31. The fourth-order valence-electron chi connectivity index (χ4n) is 1.77. The maximum atomic E-state index is 8.67. The Morgan fingerprint density at radius 1 is 1.42 bits per heavy atom. The van der Waals surface area contributed by atoms with E-state index in [1.165, 1.54) is 0 Å². The molecule has 0 saturated carbocycles. The maximum absolute atomic E-state index is 8.67. The van der Waals surface area contributed by atoms with Crippen molar-refractivity contribution in [3.63, 3.8) is 0 Å². The Morgan fingerprint density at radius 3 is 2.79 bits per heavy atom. The van der Waals surface area contributed by atoms with E-state index < -0.39 is 0 Å². The number of nitriles is 1. The lowest BCUT2D eigenvalue weighted by Gasteiger charge is -2.06. The van der Waals surface area contributed by atoms with Crippen LogP contribution in [0.4, 0.5) is 0 Å². The van der Waals surface area contributed by atoms with Crippen molar-refractivity contribution in [2.24, 2.45) is 0 Å². The number of hydrogen-bond acceptors (Lipinski definition) is 4. The summed E-state index contributed by atoms with van der Waals surface area (Å²) < 4.78 is 7.75. The molecule has 0 radical (unpaired) electrons. The third-order valence-electron chi connectivity index (χ3n) is 2.63. The second-order valence-electron chi connectivity index (χ2n) is 3.87. The van der Waals surface area contributed by atoms with Gasteiger partial charge in [-0.1, -0.05) is 0 Å². The normalized spacial score (nSPS) is 10.1. The van der Waals surface area contributed by atoms with Crippen molar-refractivity contribution in [1.29, 1.82) is 5.26 Å². The van der Waals surface area contributed by atoms with Crippen LogP contribution in [-0.4, -0.2) is 21.4 Å². The summed E-state index contributed by atoms with van der Waals surface area (Å²) in [5, 5.41) is 15.6. The van der Waals surface area contributed by atoms with E-state index in [1.54, 1.807) is 0 Å². The first kappa shape index (κ1) is 13.3. The number of nitrogens with one attached hydrogen (secondary N) is 1. The SMILES string of the molecule is CCOc1ccc(-c2n[nH]c(=S)n2CCC#N)cc1. The van der Waals surface area contributed by atoms with Crippen LogP contribution in [0.15, 0.2) is 24.3 Å². The Kier molecular flexibility index (Phi) is 4.31. The zero-order chi connectivity index (χ0) is 13.7. The quantitative estimate of drug-likeness (QED) is 0.851. The molecule has 0 spiro atoms. The highest BCUT2D eigenvalue weighted by Crippen LogP contribution is 2.21. The van der Waals surface area contributed by atoms with E-state index in [4.69, 9.17) is 22.2 Å². The summed E-state index contributed by atoms with van der Waals surface area (Å²) in [5.74, 6) is 1.56. The molecule has 0 atom stereocenters. The van der Waals surface area contributed by atoms with E-state index >= 15 is 0 Å². The summed E-state index contributed by atoms with van der Waals surface area (Å²) in [6, 6.07) is 9.76. The summed E-state index contributed by atoms with van der Waals surface area (Å²) in [4.78, 5) is 0. The van der Waals surface area contributed by atoms with E-state index in [9.17, 15) is 0 Å². The molecule has 98 valence electrons. The van der Waals surface area contributed by atoms with Crippen LogP contribution in [0.5, 0.6) is 5.75 Å². The molecule has 0 amide bonds. The summed E-state index contributed by atoms with van der Waals surface area (Å²) in [7, 11) is 0. The number of rotatable bonds is 5. The number of benzene rings is 1. The van der Waals surface area contributed by atoms with E-state index in [2.05, 4.69) is 16.3 Å². The third kappa shape index (κ3) is 3.01. The van der Waals surface area contributed by atoms with Gasteiger partial charge in [0.25, 0.3) is 0 Å². The van der Waals surface area contributed by atoms with Gasteiger partial charge in [-0.2, -0.15) is 10.4 Å². The highest BCUT2D eigenvalue weighted by atomic mass is 32.1. The molecule has 1 aromatic carbocycles. The number of H-pyrrole nitrogens is 1. The zero-order valence-electron chi connectivity index (χ0n) is 10.6. The van der Waals surface area contributed by atoms with Crippen LogP contribution in [0.25, 0.3) is 11.4 Å². The molecule has 1 heterocycles. The number of aromatic amines is 1. The van der Waals surface area contributed by atoms with Gasteiger partial charge in [-0.3, -0.25) is 9.67 Å². The minimum absolute atomic E-state index is 0.401. The van der Waals surface area contributed by atoms with Gasteiger partial charge in [0.1, 0.15) is 5.75 Å². The van der Waals surface area contributed by atoms with Crippen LogP contribution < -0.4 is 4.74 Å². The number of hydrogen-bond donors (Lipinski definition) is 1. The molecule has 0 bridgehead atoms. The molecule has 6 heteroatoms. The molecule has 0 aliphatic rings. The van der Waals surface area contributed by atoms with E-state index in [-0.39, 0.29) is 0 Å². The Morgan fingerprint density at radius 2 is 2.16 bits per heavy atom. The minimum atomic E-state index is 0.401. The summed E-state index contributed by atoms with van der Waals surface area (Å²) in [6.07, 6.45) is 0.401. The van der Waals surface area contributed by atoms with Crippen molar-refractivity contribution < 1.29 is 4.74 Å². The topological polar surface area (TPSA) is 66.6 Å². The van der Waals surface area contributed by atoms with Gasteiger partial charge >= 0.3 is 0 Å². The largest absolute Gasteiger partial charge is 0.494 e. The van der Waals surface area contributed by atoms with Crippen LogP contribution in [0.2, 0.25) is 0 Å². The molecule has 19 heavy (non-hydrogen) atoms. The molecule has 0 aliphatic carbocycles. The average Bonchev–Trinajstić information content (AvgIpc) is 2.79. The van der Waals surface area contributed by atoms with Gasteiger partial charge in [-0.15, -0.1) is 0 Å². The molecule has 0 saturated heterocycles. The molecule has 0 aliphatic heterocycles. The highest BCUT2D eigenvalue weighted by molar-refractivity contribution is 7.71. The second kappa shape index (κ2) is 6.16. The summed E-state index contributed by atoms with van der Waals surface area (Å²) >= 11 is 5.16. The van der Waals surface area contributed by atoms with Crippen molar-refractivity contribution in [2.75, 3.05) is 6.61 Å². The van der Waals surface area contributed by atoms with E-state index in [0.29, 0.717) is 24.3 Å². The van der Waals surface area contributed by atoms with Crippen molar-refractivity contribution in [3.8, 4) is 23.2 Å². The number of ether oxygens (including phenoxy) is 1. The highest BCUT2D eigenvalue weighted by Gasteiger charge is 2.08. The first-order chi connectivity index (χ1) is 9.26. The first-order valence-electron chi connectivity index (χ1n) is 6.01. The average molecular weight is 274 g/mol. The molecule has 2 rings (SSSR count). The number of nitrogens with zero attached hydrogens (tertiary/aromatic N) is 3. The van der Waals surface area contributed by atoms with Crippen LogP contribution in [-0.2, 0) is 6.54 Å². The fraction of sp³-hybridized carbons (Fsp3) is 0.308. The molecular formula is C13H14N4OS. The predicted octanol–water partition coefficient (Wildman–Crippen LogP) is 2.92. The standard InChI is InChI=1S/C13H14N4OS/c1-2-18-11-6-4-10(5-7-11)12-15-16-13(19)17(12)9-3-8-14/h4-7H,2-3,9H2,1H3,(H,16,19). The molecular weight excluding hydrogens is 260 g/mol. The van der Waals surface area contributed by atoms with Gasteiger partial charge in [0.05, 0.1) is 19.1 Å². The first-order valence-corrected chi connectivity index (χ1v) is 6.42. The van der Waals surface area contributed by atoms with Gasteiger partial charge in [0, 0.05) is 12.1 Å². The summed E-state index contributed by atoms with van der Waals surface area (Å²) in [5.41, 5.74) is 0.939. The molecule has 0 unspecified atom stereocenters. The predicted molar refractivity (Wildman–Crippen MR) is 74.2 cm³/mol. The zero-order valence-corrected chi connectivity index (χ0v) is 11.4. The van der Waals surface area contributed by atoms with Gasteiger partial charge in [-0.05, 0) is 43.4 Å².